The molecule has 0 bridgehead atoms. The Balaban J connectivity index is 1.43. The smallest absolute Gasteiger partial charge is 0.223 e. The fourth-order valence-electron chi connectivity index (χ4n) is 2.66. The molecule has 0 aromatic heterocycles. The van der Waals surface area contributed by atoms with Gasteiger partial charge in [0.1, 0.15) is 11.6 Å². The SMILES string of the molecule is O=C(CCOc1ccccc1)NCC1(c2ccc(F)cc2)CC1. The summed E-state index contributed by atoms with van der Waals surface area (Å²) >= 11 is 0. The second-order valence-electron chi connectivity index (χ2n) is 5.98. The third-order valence-electron chi connectivity index (χ3n) is 4.28. The molecule has 2 aromatic rings. The van der Waals surface area contributed by atoms with Gasteiger partial charge in [0.2, 0.25) is 5.91 Å². The fraction of sp³-hybridized carbons (Fsp3) is 0.316. The Kier molecular flexibility index (Phi) is 4.60. The first-order valence-electron chi connectivity index (χ1n) is 7.89. The molecule has 1 amide bonds. The van der Waals surface area contributed by atoms with E-state index in [1.165, 1.54) is 12.1 Å². The lowest BCUT2D eigenvalue weighted by Gasteiger charge is -2.16. The molecule has 1 aliphatic carbocycles. The number of halogens is 1. The lowest BCUT2D eigenvalue weighted by molar-refractivity contribution is -0.121. The van der Waals surface area contributed by atoms with E-state index in [1.54, 1.807) is 0 Å². The zero-order valence-corrected chi connectivity index (χ0v) is 12.9. The average molecular weight is 313 g/mol. The predicted molar refractivity (Wildman–Crippen MR) is 86.9 cm³/mol. The highest BCUT2D eigenvalue weighted by molar-refractivity contribution is 5.76. The van der Waals surface area contributed by atoms with Crippen LogP contribution in [0.3, 0.4) is 0 Å². The summed E-state index contributed by atoms with van der Waals surface area (Å²) in [5.41, 5.74) is 1.09. The molecule has 0 aliphatic heterocycles. The topological polar surface area (TPSA) is 38.3 Å². The summed E-state index contributed by atoms with van der Waals surface area (Å²) in [5.74, 6) is 0.520. The van der Waals surface area contributed by atoms with Gasteiger partial charge in [-0.1, -0.05) is 30.3 Å². The van der Waals surface area contributed by atoms with Crippen molar-refractivity contribution in [1.82, 2.24) is 5.32 Å². The van der Waals surface area contributed by atoms with E-state index in [0.29, 0.717) is 19.6 Å². The zero-order valence-electron chi connectivity index (χ0n) is 12.9. The van der Waals surface area contributed by atoms with Crippen molar-refractivity contribution in [2.75, 3.05) is 13.2 Å². The van der Waals surface area contributed by atoms with Crippen LogP contribution in [-0.4, -0.2) is 19.1 Å². The minimum atomic E-state index is -0.230. The van der Waals surface area contributed by atoms with Crippen molar-refractivity contribution >= 4 is 5.91 Å². The van der Waals surface area contributed by atoms with Gasteiger partial charge in [-0.25, -0.2) is 4.39 Å². The number of hydrogen-bond donors (Lipinski definition) is 1. The molecule has 3 nitrogen and oxygen atoms in total. The number of ether oxygens (including phenoxy) is 1. The monoisotopic (exact) mass is 313 g/mol. The standard InChI is InChI=1S/C19H20FNO2/c20-16-8-6-15(7-9-16)19(11-12-19)14-21-18(22)10-13-23-17-4-2-1-3-5-17/h1-9H,10-14H2,(H,21,22). The highest BCUT2D eigenvalue weighted by atomic mass is 19.1. The van der Waals surface area contributed by atoms with Crippen molar-refractivity contribution in [3.05, 3.63) is 66.0 Å². The largest absolute Gasteiger partial charge is 0.493 e. The van der Waals surface area contributed by atoms with Crippen molar-refractivity contribution in [2.24, 2.45) is 0 Å². The van der Waals surface area contributed by atoms with Crippen molar-refractivity contribution in [3.63, 3.8) is 0 Å². The van der Waals surface area contributed by atoms with Crippen LogP contribution in [0.4, 0.5) is 4.39 Å². The van der Waals surface area contributed by atoms with E-state index in [2.05, 4.69) is 5.32 Å². The van der Waals surface area contributed by atoms with Gasteiger partial charge >= 0.3 is 0 Å². The molecular formula is C19H20FNO2. The van der Waals surface area contributed by atoms with Crippen LogP contribution >= 0.6 is 0 Å². The molecule has 1 aliphatic rings. The van der Waals surface area contributed by atoms with Gasteiger partial charge in [0, 0.05) is 12.0 Å². The number of hydrogen-bond acceptors (Lipinski definition) is 2. The van der Waals surface area contributed by atoms with Gasteiger partial charge in [-0.2, -0.15) is 0 Å². The van der Waals surface area contributed by atoms with Gasteiger partial charge in [-0.3, -0.25) is 4.79 Å². The van der Waals surface area contributed by atoms with Crippen LogP contribution < -0.4 is 10.1 Å². The Morgan fingerprint density at radius 3 is 2.43 bits per heavy atom. The minimum Gasteiger partial charge on any atom is -0.493 e. The van der Waals surface area contributed by atoms with Gasteiger partial charge < -0.3 is 10.1 Å². The molecule has 120 valence electrons. The van der Waals surface area contributed by atoms with E-state index in [0.717, 1.165) is 24.2 Å². The molecule has 3 rings (SSSR count). The summed E-state index contributed by atoms with van der Waals surface area (Å²) in [4.78, 5) is 11.9. The van der Waals surface area contributed by atoms with E-state index in [4.69, 9.17) is 4.74 Å². The fourth-order valence-corrected chi connectivity index (χ4v) is 2.66. The normalized spacial score (nSPS) is 15.0. The maximum Gasteiger partial charge on any atom is 0.223 e. The van der Waals surface area contributed by atoms with Crippen molar-refractivity contribution in [3.8, 4) is 5.75 Å². The van der Waals surface area contributed by atoms with E-state index in [-0.39, 0.29) is 17.1 Å². The molecule has 1 N–H and O–H groups in total. The van der Waals surface area contributed by atoms with Crippen LogP contribution in [0.2, 0.25) is 0 Å². The second kappa shape index (κ2) is 6.82. The number of benzene rings is 2. The summed E-state index contributed by atoms with van der Waals surface area (Å²) in [6.07, 6.45) is 2.38. The molecular weight excluding hydrogens is 293 g/mol. The van der Waals surface area contributed by atoms with Crippen LogP contribution in [0.1, 0.15) is 24.8 Å². The Morgan fingerprint density at radius 2 is 1.78 bits per heavy atom. The minimum absolute atomic E-state index is 0.0103. The Morgan fingerprint density at radius 1 is 1.09 bits per heavy atom. The molecule has 1 fully saturated rings. The number of rotatable bonds is 7. The molecule has 4 heteroatoms. The number of para-hydroxylation sites is 1. The molecule has 1 saturated carbocycles. The number of carbonyl (C=O) groups excluding carboxylic acids is 1. The van der Waals surface area contributed by atoms with E-state index < -0.39 is 0 Å². The zero-order chi connectivity index (χ0) is 16.1. The summed E-state index contributed by atoms with van der Waals surface area (Å²) in [7, 11) is 0. The maximum atomic E-state index is 13.0. The van der Waals surface area contributed by atoms with Gasteiger partial charge in [0.25, 0.3) is 0 Å². The van der Waals surface area contributed by atoms with E-state index >= 15 is 0 Å². The number of nitrogens with one attached hydrogen (secondary N) is 1. The maximum absolute atomic E-state index is 13.0. The molecule has 2 aromatic carbocycles. The van der Waals surface area contributed by atoms with Crippen molar-refractivity contribution in [2.45, 2.75) is 24.7 Å². The first-order chi connectivity index (χ1) is 11.2. The summed E-state index contributed by atoms with van der Waals surface area (Å²) in [6, 6.07) is 16.0. The van der Waals surface area contributed by atoms with Gasteiger partial charge in [0.05, 0.1) is 13.0 Å². The lowest BCUT2D eigenvalue weighted by atomic mass is 9.96. The van der Waals surface area contributed by atoms with Crippen molar-refractivity contribution < 1.29 is 13.9 Å². The molecule has 0 radical (unpaired) electrons. The highest BCUT2D eigenvalue weighted by Crippen LogP contribution is 2.47. The number of carbonyl (C=O) groups is 1. The van der Waals surface area contributed by atoms with Crippen LogP contribution in [0.25, 0.3) is 0 Å². The first kappa shape index (κ1) is 15.5. The van der Waals surface area contributed by atoms with Crippen LogP contribution in [-0.2, 0) is 10.2 Å². The molecule has 0 spiro atoms. The Labute approximate surface area is 135 Å². The molecule has 0 saturated heterocycles. The lowest BCUT2D eigenvalue weighted by Crippen LogP contribution is -2.33. The predicted octanol–water partition coefficient (Wildman–Crippen LogP) is 3.44. The first-order valence-corrected chi connectivity index (χ1v) is 7.89. The molecule has 0 atom stereocenters. The van der Waals surface area contributed by atoms with Crippen LogP contribution in [0.5, 0.6) is 5.75 Å². The van der Waals surface area contributed by atoms with Gasteiger partial charge in [-0.05, 0) is 42.7 Å². The van der Waals surface area contributed by atoms with E-state index in [9.17, 15) is 9.18 Å². The third kappa shape index (κ3) is 4.09. The summed E-state index contributed by atoms with van der Waals surface area (Å²) in [5, 5.41) is 2.97. The van der Waals surface area contributed by atoms with Crippen molar-refractivity contribution in [1.29, 1.82) is 0 Å². The average Bonchev–Trinajstić information content (AvgIpc) is 3.36. The number of amides is 1. The highest BCUT2D eigenvalue weighted by Gasteiger charge is 2.44. The van der Waals surface area contributed by atoms with Crippen LogP contribution in [0.15, 0.2) is 54.6 Å². The summed E-state index contributed by atoms with van der Waals surface area (Å²) < 4.78 is 18.5. The quantitative estimate of drug-likeness (QED) is 0.850. The Bertz CT molecular complexity index is 651. The Hall–Kier alpha value is -2.36. The van der Waals surface area contributed by atoms with Gasteiger partial charge in [0.15, 0.2) is 0 Å². The second-order valence-corrected chi connectivity index (χ2v) is 5.98. The van der Waals surface area contributed by atoms with E-state index in [1.807, 2.05) is 42.5 Å². The third-order valence-corrected chi connectivity index (χ3v) is 4.28. The summed E-state index contributed by atoms with van der Waals surface area (Å²) in [6.45, 7) is 0.961. The van der Waals surface area contributed by atoms with Gasteiger partial charge in [-0.15, -0.1) is 0 Å². The molecule has 23 heavy (non-hydrogen) atoms. The molecule has 0 heterocycles. The molecule has 0 unspecified atom stereocenters. The van der Waals surface area contributed by atoms with Crippen LogP contribution in [0, 0.1) is 5.82 Å².